The van der Waals surface area contributed by atoms with Crippen LogP contribution in [-0.4, -0.2) is 51.2 Å². The van der Waals surface area contributed by atoms with Crippen LogP contribution in [0.5, 0.6) is 0 Å². The van der Waals surface area contributed by atoms with E-state index in [0.29, 0.717) is 52.5 Å². The van der Waals surface area contributed by atoms with Gasteiger partial charge in [0.2, 0.25) is 0 Å². The molecule has 1 unspecified atom stereocenters. The van der Waals surface area contributed by atoms with Crippen LogP contribution in [0.4, 0.5) is 0 Å². The second-order valence-corrected chi connectivity index (χ2v) is 8.05. The van der Waals surface area contributed by atoms with Gasteiger partial charge in [-0.05, 0) is 45.7 Å². The van der Waals surface area contributed by atoms with Crippen molar-refractivity contribution in [3.8, 4) is 0 Å². The van der Waals surface area contributed by atoms with E-state index in [2.05, 4.69) is 16.5 Å². The SMILES string of the molecule is C=CCCC(O)CN(CC)Cc1nc2sc(C(=O)OC(C)C)c(C)c2c(=O)[nH]1. The molecule has 154 valence electrons. The Morgan fingerprint density at radius 1 is 1.46 bits per heavy atom. The molecule has 0 aliphatic rings. The second kappa shape index (κ2) is 9.95. The third-order valence-electron chi connectivity index (χ3n) is 4.37. The predicted octanol–water partition coefficient (Wildman–Crippen LogP) is 3.01. The van der Waals surface area contributed by atoms with Crippen molar-refractivity contribution in [1.82, 2.24) is 14.9 Å². The Morgan fingerprint density at radius 2 is 2.18 bits per heavy atom. The fourth-order valence-corrected chi connectivity index (χ4v) is 4.03. The van der Waals surface area contributed by atoms with Gasteiger partial charge in [-0.25, -0.2) is 9.78 Å². The first-order valence-electron chi connectivity index (χ1n) is 9.51. The second-order valence-electron chi connectivity index (χ2n) is 7.05. The zero-order valence-electron chi connectivity index (χ0n) is 16.9. The molecule has 1 atom stereocenters. The number of aromatic amines is 1. The van der Waals surface area contributed by atoms with E-state index in [-0.39, 0.29) is 11.7 Å². The van der Waals surface area contributed by atoms with Crippen molar-refractivity contribution < 1.29 is 14.6 Å². The van der Waals surface area contributed by atoms with E-state index in [9.17, 15) is 14.7 Å². The van der Waals surface area contributed by atoms with Gasteiger partial charge >= 0.3 is 5.97 Å². The minimum atomic E-state index is -0.463. The van der Waals surface area contributed by atoms with E-state index >= 15 is 0 Å². The Hall–Kier alpha value is -2.03. The number of nitrogens with zero attached hydrogens (tertiary/aromatic N) is 2. The maximum atomic E-state index is 12.6. The number of carbonyl (C=O) groups is 1. The Morgan fingerprint density at radius 3 is 2.79 bits per heavy atom. The molecule has 0 aromatic carbocycles. The minimum Gasteiger partial charge on any atom is -0.459 e. The number of ether oxygens (including phenoxy) is 1. The van der Waals surface area contributed by atoms with Crippen LogP contribution in [0.2, 0.25) is 0 Å². The van der Waals surface area contributed by atoms with Crippen molar-refractivity contribution in [2.75, 3.05) is 13.1 Å². The van der Waals surface area contributed by atoms with E-state index in [1.807, 2.05) is 11.8 Å². The van der Waals surface area contributed by atoms with E-state index in [1.54, 1.807) is 26.8 Å². The van der Waals surface area contributed by atoms with Gasteiger partial charge in [0.1, 0.15) is 15.5 Å². The molecule has 0 saturated carbocycles. The number of fused-ring (bicyclic) bond motifs is 1. The van der Waals surface area contributed by atoms with Gasteiger partial charge in [0.15, 0.2) is 0 Å². The molecule has 0 radical (unpaired) electrons. The summed E-state index contributed by atoms with van der Waals surface area (Å²) in [5.74, 6) is 0.0808. The van der Waals surface area contributed by atoms with E-state index in [1.165, 1.54) is 11.3 Å². The van der Waals surface area contributed by atoms with Gasteiger partial charge in [0, 0.05) is 6.54 Å². The average Bonchev–Trinajstić information content (AvgIpc) is 2.96. The minimum absolute atomic E-state index is 0.232. The molecule has 28 heavy (non-hydrogen) atoms. The Labute approximate surface area is 169 Å². The number of carbonyl (C=O) groups excluding carboxylic acids is 1. The Bertz CT molecular complexity index is 887. The summed E-state index contributed by atoms with van der Waals surface area (Å²) < 4.78 is 5.26. The van der Waals surface area contributed by atoms with Gasteiger partial charge in [0.05, 0.1) is 24.1 Å². The number of nitrogens with one attached hydrogen (secondary N) is 1. The molecule has 0 aliphatic heterocycles. The summed E-state index contributed by atoms with van der Waals surface area (Å²) in [6.45, 7) is 12.6. The third-order valence-corrected chi connectivity index (χ3v) is 5.54. The largest absolute Gasteiger partial charge is 0.459 e. The van der Waals surface area contributed by atoms with Crippen molar-refractivity contribution in [1.29, 1.82) is 0 Å². The van der Waals surface area contributed by atoms with Gasteiger partial charge in [-0.15, -0.1) is 17.9 Å². The van der Waals surface area contributed by atoms with Crippen molar-refractivity contribution in [2.24, 2.45) is 0 Å². The number of aromatic nitrogens is 2. The first-order valence-corrected chi connectivity index (χ1v) is 10.3. The van der Waals surface area contributed by atoms with Crippen LogP contribution in [0.3, 0.4) is 0 Å². The first-order chi connectivity index (χ1) is 13.3. The van der Waals surface area contributed by atoms with E-state index < -0.39 is 12.1 Å². The molecule has 2 N–H and O–H groups in total. The molecule has 2 rings (SSSR count). The number of likely N-dealkylation sites (N-methyl/N-ethyl adjacent to an activating group) is 1. The molecule has 8 heteroatoms. The molecule has 2 aromatic rings. The quantitative estimate of drug-likeness (QED) is 0.464. The number of hydrogen-bond acceptors (Lipinski definition) is 7. The molecule has 0 bridgehead atoms. The summed E-state index contributed by atoms with van der Waals surface area (Å²) in [6, 6.07) is 0. The monoisotopic (exact) mass is 407 g/mol. The van der Waals surface area contributed by atoms with Gasteiger partial charge in [-0.2, -0.15) is 0 Å². The molecule has 0 amide bonds. The lowest BCUT2D eigenvalue weighted by molar-refractivity contribution is 0.0383. The fraction of sp³-hybridized carbons (Fsp3) is 0.550. The molecule has 7 nitrogen and oxygen atoms in total. The number of allylic oxidation sites excluding steroid dienone is 1. The summed E-state index contributed by atoms with van der Waals surface area (Å²) in [7, 11) is 0. The summed E-state index contributed by atoms with van der Waals surface area (Å²) in [5.41, 5.74) is 0.332. The van der Waals surface area contributed by atoms with Gasteiger partial charge in [-0.1, -0.05) is 13.0 Å². The molecular formula is C20H29N3O4S. The molecule has 2 heterocycles. The highest BCUT2D eigenvalue weighted by Gasteiger charge is 2.21. The zero-order valence-corrected chi connectivity index (χ0v) is 17.8. The molecule has 0 aliphatic carbocycles. The fourth-order valence-electron chi connectivity index (χ4n) is 2.94. The third kappa shape index (κ3) is 5.50. The highest BCUT2D eigenvalue weighted by molar-refractivity contribution is 7.20. The predicted molar refractivity (Wildman–Crippen MR) is 112 cm³/mol. The van der Waals surface area contributed by atoms with Crippen LogP contribution in [0.1, 0.15) is 54.7 Å². The van der Waals surface area contributed by atoms with Crippen LogP contribution in [0.25, 0.3) is 10.2 Å². The highest BCUT2D eigenvalue weighted by Crippen LogP contribution is 2.28. The van der Waals surface area contributed by atoms with Gasteiger partial charge in [0.25, 0.3) is 5.56 Å². The summed E-state index contributed by atoms with van der Waals surface area (Å²) in [4.78, 5) is 35.2. The standard InChI is InChI=1S/C20H29N3O4S/c1-6-8-9-14(24)10-23(7-2)11-15-21-18(25)16-13(5)17(28-19(16)22-15)20(26)27-12(3)4/h6,12,14,24H,1,7-11H2,2-5H3,(H,21,22,25). The first kappa shape index (κ1) is 22.3. The van der Waals surface area contributed by atoms with Crippen molar-refractivity contribution in [3.63, 3.8) is 0 Å². The number of rotatable bonds is 10. The molecule has 0 spiro atoms. The average molecular weight is 408 g/mol. The van der Waals surface area contributed by atoms with Crippen LogP contribution in [0.15, 0.2) is 17.4 Å². The van der Waals surface area contributed by atoms with Crippen molar-refractivity contribution in [3.05, 3.63) is 39.3 Å². The maximum absolute atomic E-state index is 12.6. The lowest BCUT2D eigenvalue weighted by Crippen LogP contribution is -2.33. The topological polar surface area (TPSA) is 95.5 Å². The van der Waals surface area contributed by atoms with Crippen LogP contribution < -0.4 is 5.56 Å². The van der Waals surface area contributed by atoms with Gasteiger partial charge < -0.3 is 14.8 Å². The van der Waals surface area contributed by atoms with E-state index in [4.69, 9.17) is 4.74 Å². The summed E-state index contributed by atoms with van der Waals surface area (Å²) in [6.07, 6.45) is 2.49. The lowest BCUT2D eigenvalue weighted by Gasteiger charge is -2.22. The highest BCUT2D eigenvalue weighted by atomic mass is 32.1. The summed E-state index contributed by atoms with van der Waals surface area (Å²) >= 11 is 1.18. The van der Waals surface area contributed by atoms with Crippen LogP contribution >= 0.6 is 11.3 Å². The molecule has 2 aromatic heterocycles. The normalized spacial score (nSPS) is 12.7. The van der Waals surface area contributed by atoms with Crippen LogP contribution in [0, 0.1) is 6.92 Å². The Kier molecular flexibility index (Phi) is 7.91. The Balaban J connectivity index is 2.25. The number of hydrogen-bond donors (Lipinski definition) is 2. The smallest absolute Gasteiger partial charge is 0.348 e. The van der Waals surface area contributed by atoms with Crippen molar-refractivity contribution in [2.45, 2.75) is 59.3 Å². The zero-order chi connectivity index (χ0) is 20.8. The number of H-pyrrole nitrogens is 1. The lowest BCUT2D eigenvalue weighted by atomic mass is 10.2. The summed E-state index contributed by atoms with van der Waals surface area (Å²) in [5, 5.41) is 10.6. The number of esters is 1. The number of thiophene rings is 1. The van der Waals surface area contributed by atoms with Crippen LogP contribution in [-0.2, 0) is 11.3 Å². The van der Waals surface area contributed by atoms with Crippen molar-refractivity contribution >= 4 is 27.5 Å². The van der Waals surface area contributed by atoms with Gasteiger partial charge in [-0.3, -0.25) is 9.69 Å². The molecule has 0 fully saturated rings. The molecular weight excluding hydrogens is 378 g/mol. The van der Waals surface area contributed by atoms with E-state index in [0.717, 1.165) is 6.42 Å². The number of aliphatic hydroxyl groups excluding tert-OH is 1. The maximum Gasteiger partial charge on any atom is 0.348 e. The molecule has 0 saturated heterocycles. The number of aryl methyl sites for hydroxylation is 1. The number of aliphatic hydroxyl groups is 1.